The summed E-state index contributed by atoms with van der Waals surface area (Å²) in [5.41, 5.74) is 2.06. The Kier molecular flexibility index (Phi) is 6.62. The number of likely N-dealkylation sites (tertiary alicyclic amines) is 1. The number of carbonyl (C=O) groups excluding carboxylic acids is 1. The minimum atomic E-state index is -0.394. The number of ether oxygens (including phenoxy) is 2. The van der Waals surface area contributed by atoms with Crippen LogP contribution in [0.25, 0.3) is 27.8 Å². The third-order valence-corrected chi connectivity index (χ3v) is 6.53. The smallest absolute Gasteiger partial charge is 0.258 e. The molecule has 0 saturated carbocycles. The zero-order chi connectivity index (χ0) is 25.2. The summed E-state index contributed by atoms with van der Waals surface area (Å²) in [6.45, 7) is 0.957. The number of H-pyrrole nitrogens is 1. The zero-order valence-electron chi connectivity index (χ0n) is 20.0. The molecule has 36 heavy (non-hydrogen) atoms. The number of hydrogen-bond acceptors (Lipinski definition) is 6. The van der Waals surface area contributed by atoms with Crippen LogP contribution < -0.4 is 5.56 Å². The van der Waals surface area contributed by atoms with E-state index in [2.05, 4.69) is 15.3 Å². The number of carbonyl (C=O) groups is 1. The number of aromatic amines is 1. The molecule has 0 spiro atoms. The average molecular weight is 492 g/mol. The van der Waals surface area contributed by atoms with Gasteiger partial charge in [0.1, 0.15) is 11.5 Å². The predicted octanol–water partition coefficient (Wildman–Crippen LogP) is 3.18. The van der Waals surface area contributed by atoms with Gasteiger partial charge in [0.15, 0.2) is 0 Å². The molecule has 1 fully saturated rings. The Hall–Kier alpha value is -3.89. The lowest BCUT2D eigenvalue weighted by molar-refractivity contribution is 0.0420. The maximum Gasteiger partial charge on any atom is 0.258 e. The van der Waals surface area contributed by atoms with Gasteiger partial charge in [0.05, 0.1) is 42.7 Å². The molecule has 0 bridgehead atoms. The van der Waals surface area contributed by atoms with Crippen molar-refractivity contribution < 1.29 is 18.7 Å². The molecule has 2 atom stereocenters. The number of amides is 1. The number of nitrogens with one attached hydrogen (secondary N) is 1. The van der Waals surface area contributed by atoms with E-state index < -0.39 is 5.82 Å². The van der Waals surface area contributed by atoms with Crippen LogP contribution in [0.3, 0.4) is 0 Å². The lowest BCUT2D eigenvalue weighted by atomic mass is 10.1. The molecule has 2 aromatic carbocycles. The van der Waals surface area contributed by atoms with Gasteiger partial charge < -0.3 is 19.4 Å². The van der Waals surface area contributed by atoms with Crippen LogP contribution in [0.1, 0.15) is 23.2 Å². The zero-order valence-corrected chi connectivity index (χ0v) is 20.0. The third-order valence-electron chi connectivity index (χ3n) is 6.53. The number of rotatable bonds is 7. The fourth-order valence-electron chi connectivity index (χ4n) is 4.79. The number of benzene rings is 2. The first-order valence-corrected chi connectivity index (χ1v) is 11.6. The summed E-state index contributed by atoms with van der Waals surface area (Å²) < 4.78 is 25.8. The minimum absolute atomic E-state index is 0.00807. The van der Waals surface area contributed by atoms with Gasteiger partial charge in [0.25, 0.3) is 11.5 Å². The van der Waals surface area contributed by atoms with E-state index >= 15 is 0 Å². The monoisotopic (exact) mass is 491 g/mol. The third kappa shape index (κ3) is 4.52. The van der Waals surface area contributed by atoms with Crippen molar-refractivity contribution in [3.63, 3.8) is 0 Å². The summed E-state index contributed by atoms with van der Waals surface area (Å²) in [7, 11) is 3.27. The lowest BCUT2D eigenvalue weighted by Crippen LogP contribution is -2.44. The van der Waals surface area contributed by atoms with Crippen LogP contribution in [0.15, 0.2) is 59.5 Å². The van der Waals surface area contributed by atoms with Gasteiger partial charge in [-0.3, -0.25) is 9.59 Å². The van der Waals surface area contributed by atoms with E-state index in [0.29, 0.717) is 41.1 Å². The normalized spacial score (nSPS) is 17.7. The maximum atomic E-state index is 13.6. The summed E-state index contributed by atoms with van der Waals surface area (Å²) in [6, 6.07) is 12.8. The fourth-order valence-corrected chi connectivity index (χ4v) is 4.79. The van der Waals surface area contributed by atoms with E-state index in [1.165, 1.54) is 22.9 Å². The first-order chi connectivity index (χ1) is 17.5. The number of methoxy groups -OCH3 is 2. The van der Waals surface area contributed by atoms with E-state index in [4.69, 9.17) is 9.47 Å². The second kappa shape index (κ2) is 10.00. The Morgan fingerprint density at radius 2 is 1.75 bits per heavy atom. The van der Waals surface area contributed by atoms with Gasteiger partial charge in [0.2, 0.25) is 0 Å². The molecule has 0 radical (unpaired) electrons. The molecular formula is C26H26FN5O4. The quantitative estimate of drug-likeness (QED) is 0.426. The second-order valence-corrected chi connectivity index (χ2v) is 8.85. The molecule has 186 valence electrons. The standard InChI is InChI=1S/C26H26FN5O4/c1-35-14-20-8-9-21(15-36-2)32(20)26(34)16-3-6-19(7-4-16)31-13-24(29-30-31)22-12-17-11-18(27)5-10-23(17)28-25(22)33/h3-7,10-13,20-21H,8-9,14-15H2,1-2H3,(H,28,33)/t20-,21?/m1/s1. The number of halogens is 1. The van der Waals surface area contributed by atoms with E-state index in [1.54, 1.807) is 50.7 Å². The van der Waals surface area contributed by atoms with Gasteiger partial charge in [-0.2, -0.15) is 0 Å². The molecule has 1 aliphatic heterocycles. The topological polar surface area (TPSA) is 102 Å². The summed E-state index contributed by atoms with van der Waals surface area (Å²) in [6.07, 6.45) is 3.36. The van der Waals surface area contributed by atoms with E-state index in [0.717, 1.165) is 12.8 Å². The molecule has 0 aliphatic carbocycles. The van der Waals surface area contributed by atoms with Crippen molar-refractivity contribution in [3.8, 4) is 16.9 Å². The molecule has 1 aliphatic rings. The van der Waals surface area contributed by atoms with Crippen molar-refractivity contribution in [2.75, 3.05) is 27.4 Å². The highest BCUT2D eigenvalue weighted by atomic mass is 19.1. The number of fused-ring (bicyclic) bond motifs is 1. The van der Waals surface area contributed by atoms with Crippen LogP contribution in [0.2, 0.25) is 0 Å². The number of hydrogen-bond donors (Lipinski definition) is 1. The highest BCUT2D eigenvalue weighted by Crippen LogP contribution is 2.27. The van der Waals surface area contributed by atoms with Crippen LogP contribution in [0, 0.1) is 5.82 Å². The van der Waals surface area contributed by atoms with E-state index in [9.17, 15) is 14.0 Å². The Morgan fingerprint density at radius 3 is 2.42 bits per heavy atom. The first kappa shape index (κ1) is 23.8. The molecule has 4 aromatic rings. The van der Waals surface area contributed by atoms with Crippen molar-refractivity contribution in [1.82, 2.24) is 24.9 Å². The van der Waals surface area contributed by atoms with E-state index in [-0.39, 0.29) is 29.1 Å². The van der Waals surface area contributed by atoms with Crippen molar-refractivity contribution >= 4 is 16.8 Å². The molecule has 3 heterocycles. The van der Waals surface area contributed by atoms with Crippen LogP contribution in [0.5, 0.6) is 0 Å². The minimum Gasteiger partial charge on any atom is -0.383 e. The number of nitrogens with zero attached hydrogens (tertiary/aromatic N) is 4. The van der Waals surface area contributed by atoms with Gasteiger partial charge in [0, 0.05) is 30.7 Å². The molecule has 1 amide bonds. The van der Waals surface area contributed by atoms with Gasteiger partial charge in [-0.25, -0.2) is 9.07 Å². The predicted molar refractivity (Wildman–Crippen MR) is 132 cm³/mol. The van der Waals surface area contributed by atoms with Crippen molar-refractivity contribution in [2.24, 2.45) is 0 Å². The highest BCUT2D eigenvalue weighted by Gasteiger charge is 2.37. The molecule has 1 saturated heterocycles. The van der Waals surface area contributed by atoms with Crippen molar-refractivity contribution in [3.05, 3.63) is 76.5 Å². The molecule has 2 aromatic heterocycles. The van der Waals surface area contributed by atoms with Crippen LogP contribution in [-0.4, -0.2) is 70.3 Å². The maximum absolute atomic E-state index is 13.6. The summed E-state index contributed by atoms with van der Waals surface area (Å²) >= 11 is 0. The second-order valence-electron chi connectivity index (χ2n) is 8.85. The van der Waals surface area contributed by atoms with Gasteiger partial charge in [-0.1, -0.05) is 5.21 Å². The van der Waals surface area contributed by atoms with Crippen LogP contribution in [-0.2, 0) is 9.47 Å². The van der Waals surface area contributed by atoms with Gasteiger partial charge in [-0.05, 0) is 61.4 Å². The molecule has 5 rings (SSSR count). The Labute approximate surface area is 206 Å². The molecule has 1 unspecified atom stereocenters. The SMILES string of the molecule is COCC1CC[C@H](COC)N1C(=O)c1ccc(-n2cc(-c3cc4cc(F)ccc4[nH]c3=O)nn2)cc1. The van der Waals surface area contributed by atoms with Gasteiger partial charge >= 0.3 is 0 Å². The van der Waals surface area contributed by atoms with E-state index in [1.807, 2.05) is 4.90 Å². The lowest BCUT2D eigenvalue weighted by Gasteiger charge is -2.30. The largest absolute Gasteiger partial charge is 0.383 e. The van der Waals surface area contributed by atoms with Crippen LogP contribution >= 0.6 is 0 Å². The Balaban J connectivity index is 1.39. The summed E-state index contributed by atoms with van der Waals surface area (Å²) in [5, 5.41) is 8.83. The first-order valence-electron chi connectivity index (χ1n) is 11.6. The number of aromatic nitrogens is 4. The average Bonchev–Trinajstić information content (AvgIpc) is 3.52. The molecule has 1 N–H and O–H groups in total. The van der Waals surface area contributed by atoms with Crippen molar-refractivity contribution in [1.29, 1.82) is 0 Å². The summed E-state index contributed by atoms with van der Waals surface area (Å²) in [4.78, 5) is 30.5. The molecular weight excluding hydrogens is 465 g/mol. The van der Waals surface area contributed by atoms with Crippen molar-refractivity contribution in [2.45, 2.75) is 24.9 Å². The summed E-state index contributed by atoms with van der Waals surface area (Å²) in [5.74, 6) is -0.466. The number of pyridine rings is 1. The van der Waals surface area contributed by atoms with Crippen LogP contribution in [0.4, 0.5) is 4.39 Å². The van der Waals surface area contributed by atoms with Gasteiger partial charge in [-0.15, -0.1) is 5.10 Å². The highest BCUT2D eigenvalue weighted by molar-refractivity contribution is 5.95. The Bertz CT molecular complexity index is 1430. The Morgan fingerprint density at radius 1 is 1.06 bits per heavy atom. The fraction of sp³-hybridized carbons (Fsp3) is 0.308. The molecule has 10 heteroatoms. The molecule has 9 nitrogen and oxygen atoms in total.